The Labute approximate surface area is 192 Å². The second-order valence-electron chi connectivity index (χ2n) is 7.98. The van der Waals surface area contributed by atoms with Crippen LogP contribution in [0, 0.1) is 0 Å². The molecule has 0 bridgehead atoms. The van der Waals surface area contributed by atoms with Crippen molar-refractivity contribution in [1.29, 1.82) is 0 Å². The van der Waals surface area contributed by atoms with Gasteiger partial charge in [0.25, 0.3) is 0 Å². The minimum Gasteiger partial charge on any atom is -0.480 e. The van der Waals surface area contributed by atoms with E-state index in [1.807, 2.05) is 48.5 Å². The molecule has 4 rings (SSSR count). The van der Waals surface area contributed by atoms with Crippen LogP contribution >= 0.6 is 0 Å². The standard InChI is InChI=1S/C25H23NO6S/c1-33(30,31)17-8-6-7-16(13-17)14-23(24(27)28)26-25(29)32-15-22-20-11-4-2-9-18(20)19-10-3-5-12-21(19)22/h2-13,22-23H,14-15H2,1H3,(H,26,29)(H,27,28)/t23-/m0/s1. The summed E-state index contributed by atoms with van der Waals surface area (Å²) < 4.78 is 29.0. The van der Waals surface area contributed by atoms with Crippen molar-refractivity contribution in [2.24, 2.45) is 0 Å². The highest BCUT2D eigenvalue weighted by Gasteiger charge is 2.29. The molecule has 0 heterocycles. The maximum atomic E-state index is 12.5. The van der Waals surface area contributed by atoms with Crippen molar-refractivity contribution in [3.05, 3.63) is 89.5 Å². The Morgan fingerprint density at radius 1 is 0.970 bits per heavy atom. The quantitative estimate of drug-likeness (QED) is 0.552. The number of ether oxygens (including phenoxy) is 1. The molecule has 1 aliphatic rings. The third kappa shape index (κ3) is 4.90. The molecule has 2 N–H and O–H groups in total. The highest BCUT2D eigenvalue weighted by Crippen LogP contribution is 2.44. The molecular formula is C25H23NO6S. The third-order valence-corrected chi connectivity index (χ3v) is 6.81. The second kappa shape index (κ2) is 9.07. The van der Waals surface area contributed by atoms with E-state index < -0.39 is 27.9 Å². The van der Waals surface area contributed by atoms with Gasteiger partial charge < -0.3 is 15.2 Å². The van der Waals surface area contributed by atoms with Crippen LogP contribution in [0.3, 0.4) is 0 Å². The summed E-state index contributed by atoms with van der Waals surface area (Å²) in [5.41, 5.74) is 4.77. The van der Waals surface area contributed by atoms with Crippen molar-refractivity contribution in [1.82, 2.24) is 5.32 Å². The molecule has 0 radical (unpaired) electrons. The molecule has 0 spiro atoms. The van der Waals surface area contributed by atoms with Crippen LogP contribution in [0.4, 0.5) is 4.79 Å². The molecular weight excluding hydrogens is 442 g/mol. The molecule has 170 valence electrons. The van der Waals surface area contributed by atoms with E-state index >= 15 is 0 Å². The Morgan fingerprint density at radius 3 is 2.15 bits per heavy atom. The molecule has 0 aliphatic heterocycles. The van der Waals surface area contributed by atoms with E-state index in [1.54, 1.807) is 6.07 Å². The molecule has 3 aromatic carbocycles. The largest absolute Gasteiger partial charge is 0.480 e. The first-order valence-corrected chi connectivity index (χ1v) is 12.3. The number of nitrogens with one attached hydrogen (secondary N) is 1. The number of hydrogen-bond donors (Lipinski definition) is 2. The van der Waals surface area contributed by atoms with Crippen LogP contribution < -0.4 is 5.32 Å². The van der Waals surface area contributed by atoms with Gasteiger partial charge in [-0.2, -0.15) is 0 Å². The van der Waals surface area contributed by atoms with E-state index in [9.17, 15) is 23.1 Å². The van der Waals surface area contributed by atoms with Gasteiger partial charge in [-0.05, 0) is 39.9 Å². The van der Waals surface area contributed by atoms with Crippen LogP contribution in [0.2, 0.25) is 0 Å². The molecule has 0 fully saturated rings. The Bertz CT molecular complexity index is 1270. The van der Waals surface area contributed by atoms with Gasteiger partial charge in [-0.1, -0.05) is 60.7 Å². The molecule has 7 nitrogen and oxygen atoms in total. The van der Waals surface area contributed by atoms with Crippen LogP contribution in [-0.2, 0) is 25.8 Å². The highest BCUT2D eigenvalue weighted by atomic mass is 32.2. The maximum Gasteiger partial charge on any atom is 0.407 e. The summed E-state index contributed by atoms with van der Waals surface area (Å²) in [6.07, 6.45) is 0.155. The summed E-state index contributed by atoms with van der Waals surface area (Å²) in [5, 5.41) is 11.9. The number of carboxylic acids is 1. The molecule has 0 unspecified atom stereocenters. The van der Waals surface area contributed by atoms with E-state index in [0.717, 1.165) is 28.5 Å². The number of fused-ring (bicyclic) bond motifs is 3. The van der Waals surface area contributed by atoms with Gasteiger partial charge in [-0.3, -0.25) is 0 Å². The van der Waals surface area contributed by atoms with Gasteiger partial charge in [0.15, 0.2) is 9.84 Å². The molecule has 3 aromatic rings. The zero-order valence-electron chi connectivity index (χ0n) is 17.9. The van der Waals surface area contributed by atoms with E-state index in [2.05, 4.69) is 5.32 Å². The Balaban J connectivity index is 1.44. The van der Waals surface area contributed by atoms with Crippen LogP contribution in [0.5, 0.6) is 0 Å². The highest BCUT2D eigenvalue weighted by molar-refractivity contribution is 7.90. The van der Waals surface area contributed by atoms with Gasteiger partial charge in [0.05, 0.1) is 4.90 Å². The third-order valence-electron chi connectivity index (χ3n) is 5.70. The summed E-state index contributed by atoms with van der Waals surface area (Å²) in [5.74, 6) is -1.38. The fraction of sp³-hybridized carbons (Fsp3) is 0.200. The van der Waals surface area contributed by atoms with Crippen LogP contribution in [-0.4, -0.2) is 44.5 Å². The lowest BCUT2D eigenvalue weighted by atomic mass is 9.98. The fourth-order valence-electron chi connectivity index (χ4n) is 4.12. The summed E-state index contributed by atoms with van der Waals surface area (Å²) >= 11 is 0. The Hall–Kier alpha value is -3.65. The minimum atomic E-state index is -3.43. The molecule has 1 atom stereocenters. The SMILES string of the molecule is CS(=O)(=O)c1cccc(C[C@H](NC(=O)OCC2c3ccccc3-c3ccccc32)C(=O)O)c1. The van der Waals surface area contributed by atoms with E-state index in [0.29, 0.717) is 5.56 Å². The summed E-state index contributed by atoms with van der Waals surface area (Å²) in [7, 11) is -3.43. The van der Waals surface area contributed by atoms with Gasteiger partial charge in [0.1, 0.15) is 12.6 Å². The molecule has 1 aliphatic carbocycles. The van der Waals surface area contributed by atoms with Crippen LogP contribution in [0.15, 0.2) is 77.7 Å². The Morgan fingerprint density at radius 2 is 1.58 bits per heavy atom. The zero-order chi connectivity index (χ0) is 23.6. The number of sulfone groups is 1. The smallest absolute Gasteiger partial charge is 0.407 e. The van der Waals surface area contributed by atoms with Crippen molar-refractivity contribution in [3.8, 4) is 11.1 Å². The normalized spacial score (nSPS) is 13.6. The number of carboxylic acid groups (broad SMARTS) is 1. The lowest BCUT2D eigenvalue weighted by Crippen LogP contribution is -2.42. The fourth-order valence-corrected chi connectivity index (χ4v) is 4.81. The lowest BCUT2D eigenvalue weighted by Gasteiger charge is -2.17. The predicted molar refractivity (Wildman–Crippen MR) is 123 cm³/mol. The van der Waals surface area contributed by atoms with Gasteiger partial charge >= 0.3 is 12.1 Å². The first kappa shape index (κ1) is 22.5. The van der Waals surface area contributed by atoms with Crippen molar-refractivity contribution in [2.75, 3.05) is 12.9 Å². The first-order valence-electron chi connectivity index (χ1n) is 10.4. The van der Waals surface area contributed by atoms with Crippen molar-refractivity contribution in [2.45, 2.75) is 23.3 Å². The molecule has 0 saturated heterocycles. The topological polar surface area (TPSA) is 110 Å². The van der Waals surface area contributed by atoms with E-state index in [-0.39, 0.29) is 23.8 Å². The zero-order valence-corrected chi connectivity index (χ0v) is 18.7. The number of carbonyl (C=O) groups excluding carboxylic acids is 1. The number of carbonyl (C=O) groups is 2. The molecule has 0 saturated carbocycles. The molecule has 33 heavy (non-hydrogen) atoms. The van der Waals surface area contributed by atoms with E-state index in [1.165, 1.54) is 18.2 Å². The number of benzene rings is 3. The first-order chi connectivity index (χ1) is 15.7. The maximum absolute atomic E-state index is 12.5. The summed E-state index contributed by atoms with van der Waals surface area (Å²) in [4.78, 5) is 24.3. The summed E-state index contributed by atoms with van der Waals surface area (Å²) in [6, 6.07) is 20.6. The number of rotatable bonds is 7. The van der Waals surface area contributed by atoms with Gasteiger partial charge in [0, 0.05) is 18.6 Å². The summed E-state index contributed by atoms with van der Waals surface area (Å²) in [6.45, 7) is 0.0652. The van der Waals surface area contributed by atoms with Gasteiger partial charge in [-0.15, -0.1) is 0 Å². The number of alkyl carbamates (subject to hydrolysis) is 1. The van der Waals surface area contributed by atoms with Crippen LogP contribution in [0.25, 0.3) is 11.1 Å². The molecule has 0 aromatic heterocycles. The Kier molecular flexibility index (Phi) is 6.20. The number of amides is 1. The lowest BCUT2D eigenvalue weighted by molar-refractivity contribution is -0.139. The number of hydrogen-bond acceptors (Lipinski definition) is 5. The van der Waals surface area contributed by atoms with E-state index in [4.69, 9.17) is 4.74 Å². The van der Waals surface area contributed by atoms with Crippen molar-refractivity contribution >= 4 is 21.9 Å². The van der Waals surface area contributed by atoms with Crippen molar-refractivity contribution < 1.29 is 27.9 Å². The minimum absolute atomic E-state index is 0.0652. The monoisotopic (exact) mass is 465 g/mol. The number of aliphatic carboxylic acids is 1. The predicted octanol–water partition coefficient (Wildman–Crippen LogP) is 3.62. The van der Waals surface area contributed by atoms with Gasteiger partial charge in [0.2, 0.25) is 0 Å². The van der Waals surface area contributed by atoms with Gasteiger partial charge in [-0.25, -0.2) is 18.0 Å². The molecule has 1 amide bonds. The van der Waals surface area contributed by atoms with Crippen LogP contribution in [0.1, 0.15) is 22.6 Å². The van der Waals surface area contributed by atoms with Crippen molar-refractivity contribution in [3.63, 3.8) is 0 Å². The average Bonchev–Trinajstić information content (AvgIpc) is 3.10. The average molecular weight is 466 g/mol. The molecule has 8 heteroatoms. The second-order valence-corrected chi connectivity index (χ2v) is 10.0.